The van der Waals surface area contributed by atoms with Crippen LogP contribution in [0.25, 0.3) is 0 Å². The molecule has 56 valence electrons. The van der Waals surface area contributed by atoms with Crippen molar-refractivity contribution in [1.29, 1.82) is 5.26 Å². The summed E-state index contributed by atoms with van der Waals surface area (Å²) in [5.41, 5.74) is 1.51. The second-order valence-electron chi connectivity index (χ2n) is 2.04. The quantitative estimate of drug-likeness (QED) is 0.683. The molecule has 0 saturated heterocycles. The molecular formula is C7H4Br2N2. The lowest BCUT2D eigenvalue weighted by atomic mass is 10.2. The predicted molar refractivity (Wildman–Crippen MR) is 49.1 cm³/mol. The van der Waals surface area contributed by atoms with Crippen LogP contribution in [0.2, 0.25) is 0 Å². The molecule has 1 rings (SSSR count). The summed E-state index contributed by atoms with van der Waals surface area (Å²) < 4.78 is 1.33. The van der Waals surface area contributed by atoms with E-state index in [1.54, 1.807) is 0 Å². The molecule has 0 unspecified atom stereocenters. The van der Waals surface area contributed by atoms with E-state index in [0.29, 0.717) is 10.2 Å². The highest BCUT2D eigenvalue weighted by molar-refractivity contribution is 9.11. The molecule has 0 fully saturated rings. The van der Waals surface area contributed by atoms with Crippen molar-refractivity contribution in [2.45, 2.75) is 6.92 Å². The fourth-order valence-corrected chi connectivity index (χ4v) is 2.08. The molecule has 0 aliphatic carbocycles. The highest BCUT2D eigenvalue weighted by Crippen LogP contribution is 2.20. The standard InChI is InChI=1S/C7H4Br2N2/c1-4-2-6(8)11-7(9)5(4)3-10/h2H,1H3. The van der Waals surface area contributed by atoms with Crippen LogP contribution in [0, 0.1) is 18.3 Å². The molecule has 1 heterocycles. The maximum Gasteiger partial charge on any atom is 0.125 e. The maximum atomic E-state index is 8.65. The van der Waals surface area contributed by atoms with Gasteiger partial charge in [0.2, 0.25) is 0 Å². The minimum absolute atomic E-state index is 0.590. The van der Waals surface area contributed by atoms with Crippen molar-refractivity contribution in [2.24, 2.45) is 0 Å². The molecule has 0 saturated carbocycles. The van der Waals surface area contributed by atoms with Crippen molar-refractivity contribution >= 4 is 31.9 Å². The molecule has 0 amide bonds. The van der Waals surface area contributed by atoms with Crippen LogP contribution in [-0.2, 0) is 0 Å². The number of nitrogens with zero attached hydrogens (tertiary/aromatic N) is 2. The Kier molecular flexibility index (Phi) is 2.63. The first-order chi connectivity index (χ1) is 5.15. The molecule has 0 radical (unpaired) electrons. The second kappa shape index (κ2) is 3.33. The van der Waals surface area contributed by atoms with Crippen LogP contribution in [0.4, 0.5) is 0 Å². The number of aryl methyl sites for hydroxylation is 1. The zero-order chi connectivity index (χ0) is 8.43. The van der Waals surface area contributed by atoms with Crippen LogP contribution in [-0.4, -0.2) is 4.98 Å². The van der Waals surface area contributed by atoms with E-state index in [9.17, 15) is 0 Å². The van der Waals surface area contributed by atoms with Crippen LogP contribution in [0.1, 0.15) is 11.1 Å². The Labute approximate surface area is 81.5 Å². The fourth-order valence-electron chi connectivity index (χ4n) is 0.730. The van der Waals surface area contributed by atoms with Crippen molar-refractivity contribution < 1.29 is 0 Å². The molecule has 2 nitrogen and oxygen atoms in total. The summed E-state index contributed by atoms with van der Waals surface area (Å²) in [6, 6.07) is 3.87. The van der Waals surface area contributed by atoms with Gasteiger partial charge in [0.15, 0.2) is 0 Å². The van der Waals surface area contributed by atoms with Crippen LogP contribution < -0.4 is 0 Å². The van der Waals surface area contributed by atoms with E-state index in [1.807, 2.05) is 13.0 Å². The first-order valence-electron chi connectivity index (χ1n) is 2.88. The van der Waals surface area contributed by atoms with E-state index in [4.69, 9.17) is 5.26 Å². The Bertz CT molecular complexity index is 305. The summed E-state index contributed by atoms with van der Waals surface area (Å²) in [5, 5.41) is 8.65. The minimum Gasteiger partial charge on any atom is -0.233 e. The van der Waals surface area contributed by atoms with Gasteiger partial charge in [-0.1, -0.05) is 0 Å². The van der Waals surface area contributed by atoms with Crippen molar-refractivity contribution in [3.05, 3.63) is 26.4 Å². The topological polar surface area (TPSA) is 36.7 Å². The molecule has 0 aliphatic heterocycles. The van der Waals surface area contributed by atoms with Gasteiger partial charge in [-0.25, -0.2) is 4.98 Å². The molecule has 0 aromatic carbocycles. The average molecular weight is 276 g/mol. The Morgan fingerprint density at radius 2 is 2.18 bits per heavy atom. The number of hydrogen-bond acceptors (Lipinski definition) is 2. The molecule has 1 aromatic rings. The van der Waals surface area contributed by atoms with Crippen molar-refractivity contribution in [3.8, 4) is 6.07 Å². The van der Waals surface area contributed by atoms with E-state index in [1.165, 1.54) is 0 Å². The maximum absolute atomic E-state index is 8.65. The molecule has 4 heteroatoms. The van der Waals surface area contributed by atoms with Gasteiger partial charge in [0, 0.05) is 0 Å². The number of halogens is 2. The summed E-state index contributed by atoms with van der Waals surface area (Å²) in [6.45, 7) is 1.87. The van der Waals surface area contributed by atoms with Gasteiger partial charge in [0.25, 0.3) is 0 Å². The first-order valence-corrected chi connectivity index (χ1v) is 4.46. The van der Waals surface area contributed by atoms with Crippen LogP contribution in [0.5, 0.6) is 0 Å². The number of nitriles is 1. The third-order valence-corrected chi connectivity index (χ3v) is 2.23. The Hall–Kier alpha value is -0.400. The summed E-state index contributed by atoms with van der Waals surface area (Å²) in [5.74, 6) is 0. The molecule has 0 atom stereocenters. The van der Waals surface area contributed by atoms with Gasteiger partial charge in [-0.3, -0.25) is 0 Å². The van der Waals surface area contributed by atoms with E-state index in [2.05, 4.69) is 42.9 Å². The van der Waals surface area contributed by atoms with Gasteiger partial charge in [-0.15, -0.1) is 0 Å². The van der Waals surface area contributed by atoms with E-state index in [-0.39, 0.29) is 0 Å². The average Bonchev–Trinajstić information content (AvgIpc) is 1.85. The molecular weight excluding hydrogens is 272 g/mol. The van der Waals surface area contributed by atoms with E-state index < -0.39 is 0 Å². The number of hydrogen-bond donors (Lipinski definition) is 0. The number of rotatable bonds is 0. The molecule has 0 bridgehead atoms. The normalized spacial score (nSPS) is 9.27. The van der Waals surface area contributed by atoms with Gasteiger partial charge in [0.05, 0.1) is 5.56 Å². The molecule has 0 spiro atoms. The monoisotopic (exact) mass is 274 g/mol. The summed E-state index contributed by atoms with van der Waals surface area (Å²) in [7, 11) is 0. The zero-order valence-corrected chi connectivity index (χ0v) is 8.90. The highest BCUT2D eigenvalue weighted by atomic mass is 79.9. The lowest BCUT2D eigenvalue weighted by Gasteiger charge is -1.98. The largest absolute Gasteiger partial charge is 0.233 e. The third-order valence-electron chi connectivity index (χ3n) is 1.25. The first kappa shape index (κ1) is 8.69. The predicted octanol–water partition coefficient (Wildman–Crippen LogP) is 2.79. The SMILES string of the molecule is Cc1cc(Br)nc(Br)c1C#N. The van der Waals surface area contributed by atoms with E-state index >= 15 is 0 Å². The Morgan fingerprint density at radius 1 is 1.55 bits per heavy atom. The van der Waals surface area contributed by atoms with Gasteiger partial charge in [-0.05, 0) is 50.4 Å². The Morgan fingerprint density at radius 3 is 2.64 bits per heavy atom. The molecule has 11 heavy (non-hydrogen) atoms. The lowest BCUT2D eigenvalue weighted by Crippen LogP contribution is -1.88. The summed E-state index contributed by atoms with van der Waals surface area (Å²) >= 11 is 6.42. The highest BCUT2D eigenvalue weighted by Gasteiger charge is 2.04. The van der Waals surface area contributed by atoms with Crippen LogP contribution in [0.3, 0.4) is 0 Å². The van der Waals surface area contributed by atoms with Crippen LogP contribution >= 0.6 is 31.9 Å². The summed E-state index contributed by atoms with van der Waals surface area (Å²) in [6.07, 6.45) is 0. The van der Waals surface area contributed by atoms with E-state index in [0.717, 1.165) is 10.2 Å². The van der Waals surface area contributed by atoms with Gasteiger partial charge in [-0.2, -0.15) is 5.26 Å². The number of aromatic nitrogens is 1. The molecule has 0 aliphatic rings. The summed E-state index contributed by atoms with van der Waals surface area (Å²) in [4.78, 5) is 4.02. The molecule has 1 aromatic heterocycles. The van der Waals surface area contributed by atoms with Crippen LogP contribution in [0.15, 0.2) is 15.3 Å². The Balaban J connectivity index is 3.40. The van der Waals surface area contributed by atoms with Crippen molar-refractivity contribution in [2.75, 3.05) is 0 Å². The van der Waals surface area contributed by atoms with Gasteiger partial charge >= 0.3 is 0 Å². The molecule has 0 N–H and O–H groups in total. The van der Waals surface area contributed by atoms with Gasteiger partial charge < -0.3 is 0 Å². The zero-order valence-electron chi connectivity index (χ0n) is 5.73. The van der Waals surface area contributed by atoms with Crippen molar-refractivity contribution in [1.82, 2.24) is 4.98 Å². The van der Waals surface area contributed by atoms with Gasteiger partial charge in [0.1, 0.15) is 15.3 Å². The third kappa shape index (κ3) is 1.79. The smallest absolute Gasteiger partial charge is 0.125 e. The van der Waals surface area contributed by atoms with Crippen molar-refractivity contribution in [3.63, 3.8) is 0 Å². The fraction of sp³-hybridized carbons (Fsp3) is 0.143. The minimum atomic E-state index is 0.590. The number of pyridine rings is 1. The lowest BCUT2D eigenvalue weighted by molar-refractivity contribution is 1.18. The second-order valence-corrected chi connectivity index (χ2v) is 3.60.